The standard InChI is InChI=1S/C24H30O4S/c25-18-23(17-20-7-4-5-8-20)22-11-13-24(14-12-22)29(26,27)16-6-15-28-19-21-9-2-1-3-10-21/h1-3,9-14,17,20,25H,4-8,15-16,18-19H2/b23-17-. The number of allylic oxidation sites excluding steroid dienone is 1. The topological polar surface area (TPSA) is 63.6 Å². The summed E-state index contributed by atoms with van der Waals surface area (Å²) >= 11 is 0. The van der Waals surface area contributed by atoms with Crippen LogP contribution in [0.1, 0.15) is 43.2 Å². The molecule has 0 aliphatic heterocycles. The van der Waals surface area contributed by atoms with Gasteiger partial charge in [0.25, 0.3) is 0 Å². The minimum Gasteiger partial charge on any atom is -0.392 e. The Morgan fingerprint density at radius 1 is 1.03 bits per heavy atom. The van der Waals surface area contributed by atoms with Crippen LogP contribution in [-0.4, -0.2) is 32.5 Å². The molecule has 0 atom stereocenters. The summed E-state index contributed by atoms with van der Waals surface area (Å²) in [6.45, 7) is 0.874. The van der Waals surface area contributed by atoms with Gasteiger partial charge in [0, 0.05) is 6.61 Å². The Kier molecular flexibility index (Phi) is 8.04. The molecule has 1 aliphatic carbocycles. The summed E-state index contributed by atoms with van der Waals surface area (Å²) in [4.78, 5) is 0.322. The lowest BCUT2D eigenvalue weighted by Crippen LogP contribution is -2.09. The van der Waals surface area contributed by atoms with Gasteiger partial charge in [-0.05, 0) is 54.0 Å². The van der Waals surface area contributed by atoms with Gasteiger partial charge in [0.05, 0.1) is 23.9 Å². The van der Waals surface area contributed by atoms with Gasteiger partial charge in [-0.25, -0.2) is 8.42 Å². The molecule has 5 heteroatoms. The second kappa shape index (κ2) is 10.7. The fraction of sp³-hybridized carbons (Fsp3) is 0.417. The van der Waals surface area contributed by atoms with Gasteiger partial charge in [-0.15, -0.1) is 0 Å². The third kappa shape index (κ3) is 6.53. The van der Waals surface area contributed by atoms with Crippen LogP contribution in [0.3, 0.4) is 0 Å². The van der Waals surface area contributed by atoms with E-state index in [9.17, 15) is 13.5 Å². The number of aliphatic hydroxyl groups excluding tert-OH is 1. The SMILES string of the molecule is O=S(=O)(CCCOCc1ccccc1)c1ccc(/C(=C\C2CCCC2)CO)cc1. The molecule has 1 fully saturated rings. The number of rotatable bonds is 10. The van der Waals surface area contributed by atoms with E-state index in [1.807, 2.05) is 30.3 Å². The first-order chi connectivity index (χ1) is 14.1. The second-order valence-corrected chi connectivity index (χ2v) is 9.74. The Hall–Kier alpha value is -1.95. The van der Waals surface area contributed by atoms with Crippen LogP contribution in [0, 0.1) is 5.92 Å². The third-order valence-electron chi connectivity index (χ3n) is 5.40. The van der Waals surface area contributed by atoms with E-state index in [0.717, 1.165) is 16.7 Å². The van der Waals surface area contributed by atoms with Crippen molar-refractivity contribution in [2.45, 2.75) is 43.6 Å². The van der Waals surface area contributed by atoms with Gasteiger partial charge in [-0.2, -0.15) is 0 Å². The van der Waals surface area contributed by atoms with E-state index in [-0.39, 0.29) is 12.4 Å². The normalized spacial score (nSPS) is 15.7. The summed E-state index contributed by atoms with van der Waals surface area (Å²) in [6, 6.07) is 16.7. The average Bonchev–Trinajstić information content (AvgIpc) is 3.26. The van der Waals surface area contributed by atoms with Crippen LogP contribution in [0.2, 0.25) is 0 Å². The van der Waals surface area contributed by atoms with E-state index in [1.54, 1.807) is 24.3 Å². The summed E-state index contributed by atoms with van der Waals surface area (Å²) in [5.41, 5.74) is 2.86. The van der Waals surface area contributed by atoms with Crippen molar-refractivity contribution in [2.24, 2.45) is 5.92 Å². The van der Waals surface area contributed by atoms with Crippen LogP contribution in [0.15, 0.2) is 65.6 Å². The molecule has 1 aliphatic rings. The summed E-state index contributed by atoms with van der Waals surface area (Å²) in [5.74, 6) is 0.586. The maximum atomic E-state index is 12.6. The van der Waals surface area contributed by atoms with Crippen molar-refractivity contribution in [2.75, 3.05) is 19.0 Å². The highest BCUT2D eigenvalue weighted by Crippen LogP contribution is 2.29. The number of hydrogen-bond donors (Lipinski definition) is 1. The second-order valence-electron chi connectivity index (χ2n) is 7.63. The molecule has 1 N–H and O–H groups in total. The zero-order valence-corrected chi connectivity index (χ0v) is 17.6. The number of ether oxygens (including phenoxy) is 1. The Morgan fingerprint density at radius 3 is 2.38 bits per heavy atom. The van der Waals surface area contributed by atoms with Gasteiger partial charge in [-0.1, -0.05) is 61.4 Å². The molecular weight excluding hydrogens is 384 g/mol. The van der Waals surface area contributed by atoms with E-state index in [4.69, 9.17) is 4.74 Å². The predicted octanol–water partition coefficient (Wildman–Crippen LogP) is 4.63. The Labute approximate surface area is 174 Å². The molecule has 2 aromatic rings. The van der Waals surface area contributed by atoms with Crippen molar-refractivity contribution in [1.82, 2.24) is 0 Å². The van der Waals surface area contributed by atoms with E-state index in [0.29, 0.717) is 30.4 Å². The van der Waals surface area contributed by atoms with Crippen LogP contribution in [0.5, 0.6) is 0 Å². The van der Waals surface area contributed by atoms with E-state index >= 15 is 0 Å². The zero-order chi connectivity index (χ0) is 20.5. The summed E-state index contributed by atoms with van der Waals surface area (Å²) in [6.07, 6.45) is 7.43. The van der Waals surface area contributed by atoms with Gasteiger partial charge in [0.15, 0.2) is 9.84 Å². The number of benzene rings is 2. The lowest BCUT2D eigenvalue weighted by Gasteiger charge is -2.10. The molecule has 0 saturated heterocycles. The molecule has 0 bridgehead atoms. The monoisotopic (exact) mass is 414 g/mol. The molecule has 4 nitrogen and oxygen atoms in total. The van der Waals surface area contributed by atoms with Crippen molar-refractivity contribution >= 4 is 15.4 Å². The molecule has 0 unspecified atom stereocenters. The Bertz CT molecular complexity index is 880. The Morgan fingerprint density at radius 2 is 1.72 bits per heavy atom. The lowest BCUT2D eigenvalue weighted by atomic mass is 9.99. The molecule has 0 radical (unpaired) electrons. The highest BCUT2D eigenvalue weighted by atomic mass is 32.2. The molecular formula is C24H30O4S. The largest absolute Gasteiger partial charge is 0.392 e. The molecule has 0 aromatic heterocycles. The lowest BCUT2D eigenvalue weighted by molar-refractivity contribution is 0.122. The van der Waals surface area contributed by atoms with Crippen LogP contribution >= 0.6 is 0 Å². The fourth-order valence-electron chi connectivity index (χ4n) is 3.76. The number of hydrogen-bond acceptors (Lipinski definition) is 4. The Balaban J connectivity index is 1.52. The minimum absolute atomic E-state index is 0.0264. The fourth-order valence-corrected chi connectivity index (χ4v) is 5.04. The molecule has 3 rings (SSSR count). The molecule has 1 saturated carbocycles. The first-order valence-corrected chi connectivity index (χ1v) is 12.0. The zero-order valence-electron chi connectivity index (χ0n) is 16.8. The number of sulfone groups is 1. The molecule has 29 heavy (non-hydrogen) atoms. The average molecular weight is 415 g/mol. The van der Waals surface area contributed by atoms with E-state index in [1.165, 1.54) is 25.7 Å². The van der Waals surface area contributed by atoms with Crippen LogP contribution in [0.4, 0.5) is 0 Å². The van der Waals surface area contributed by atoms with Gasteiger partial charge in [0.2, 0.25) is 0 Å². The van der Waals surface area contributed by atoms with Crippen molar-refractivity contribution in [1.29, 1.82) is 0 Å². The van der Waals surface area contributed by atoms with Crippen molar-refractivity contribution < 1.29 is 18.3 Å². The first kappa shape index (κ1) is 21.8. The van der Waals surface area contributed by atoms with E-state index < -0.39 is 9.84 Å². The molecule has 2 aromatic carbocycles. The summed E-state index contributed by atoms with van der Waals surface area (Å²) < 4.78 is 30.7. The van der Waals surface area contributed by atoms with E-state index in [2.05, 4.69) is 6.08 Å². The van der Waals surface area contributed by atoms with Gasteiger partial charge >= 0.3 is 0 Å². The quantitative estimate of drug-likeness (QED) is 0.576. The van der Waals surface area contributed by atoms with Crippen LogP contribution in [0.25, 0.3) is 5.57 Å². The molecule has 0 heterocycles. The third-order valence-corrected chi connectivity index (χ3v) is 7.22. The number of aliphatic hydroxyl groups is 1. The highest BCUT2D eigenvalue weighted by molar-refractivity contribution is 7.91. The molecule has 0 spiro atoms. The molecule has 0 amide bonds. The smallest absolute Gasteiger partial charge is 0.178 e. The highest BCUT2D eigenvalue weighted by Gasteiger charge is 2.16. The van der Waals surface area contributed by atoms with Gasteiger partial charge in [0.1, 0.15) is 0 Å². The predicted molar refractivity (Wildman–Crippen MR) is 116 cm³/mol. The van der Waals surface area contributed by atoms with Crippen molar-refractivity contribution in [3.8, 4) is 0 Å². The van der Waals surface area contributed by atoms with Crippen molar-refractivity contribution in [3.63, 3.8) is 0 Å². The maximum absolute atomic E-state index is 12.6. The van der Waals surface area contributed by atoms with Crippen molar-refractivity contribution in [3.05, 3.63) is 71.8 Å². The molecule has 156 valence electrons. The van der Waals surface area contributed by atoms with Crippen LogP contribution in [-0.2, 0) is 21.2 Å². The van der Waals surface area contributed by atoms with Gasteiger partial charge < -0.3 is 9.84 Å². The minimum atomic E-state index is -3.34. The first-order valence-electron chi connectivity index (χ1n) is 10.3. The summed E-state index contributed by atoms with van der Waals surface area (Å²) in [5, 5.41) is 9.72. The summed E-state index contributed by atoms with van der Waals surface area (Å²) in [7, 11) is -3.34. The van der Waals surface area contributed by atoms with Crippen LogP contribution < -0.4 is 0 Å². The van der Waals surface area contributed by atoms with Gasteiger partial charge in [-0.3, -0.25) is 0 Å². The maximum Gasteiger partial charge on any atom is 0.178 e.